The smallest absolute Gasteiger partial charge is 0.243 e. The van der Waals surface area contributed by atoms with Crippen molar-refractivity contribution < 1.29 is 19.2 Å². The van der Waals surface area contributed by atoms with Crippen LogP contribution in [-0.2, 0) is 19.2 Å². The predicted molar refractivity (Wildman–Crippen MR) is 143 cm³/mol. The first-order valence-electron chi connectivity index (χ1n) is 14.5. The van der Waals surface area contributed by atoms with Gasteiger partial charge in [-0.2, -0.15) is 0 Å². The Morgan fingerprint density at radius 2 is 1.27 bits per heavy atom. The minimum atomic E-state index is -0.756. The van der Waals surface area contributed by atoms with Crippen LogP contribution < -0.4 is 22.1 Å². The first kappa shape index (κ1) is 29.4. The zero-order valence-electron chi connectivity index (χ0n) is 23.1. The van der Waals surface area contributed by atoms with Gasteiger partial charge in [-0.3, -0.25) is 19.2 Å². The van der Waals surface area contributed by atoms with Crippen molar-refractivity contribution in [3.8, 4) is 0 Å². The van der Waals surface area contributed by atoms with Crippen LogP contribution in [0.25, 0.3) is 0 Å². The summed E-state index contributed by atoms with van der Waals surface area (Å²) in [6.45, 7) is 6.23. The maximum Gasteiger partial charge on any atom is 0.243 e. The summed E-state index contributed by atoms with van der Waals surface area (Å²) in [5.41, 5.74) is 11.6. The largest absolute Gasteiger partial charge is 0.368 e. The van der Waals surface area contributed by atoms with E-state index in [1.54, 1.807) is 4.90 Å². The summed E-state index contributed by atoms with van der Waals surface area (Å²) < 4.78 is 0. The summed E-state index contributed by atoms with van der Waals surface area (Å²) in [7, 11) is 0. The molecule has 0 radical (unpaired) electrons. The van der Waals surface area contributed by atoms with Gasteiger partial charge in [0.1, 0.15) is 18.1 Å². The second kappa shape index (κ2) is 13.1. The highest BCUT2D eigenvalue weighted by atomic mass is 16.2. The Hall–Kier alpha value is -2.16. The highest BCUT2D eigenvalue weighted by Gasteiger charge is 2.41. The van der Waals surface area contributed by atoms with Gasteiger partial charge in [0.2, 0.25) is 23.6 Å². The number of likely N-dealkylation sites (tertiary alicyclic amines) is 1. The standard InChI is InChI=1S/C28H49N5O4/c1-28(2,3)23(29)27(37)33-17-11-10-16-20(33)25(35)32-22(19-14-8-5-9-15-19)26(36)31-21(24(30)34)18-12-6-4-7-13-18/h18-23H,4-17,29H2,1-3H3,(H2,30,34)(H,31,36)(H,32,35)/t20-,21?,22?,23?/m1/s1. The van der Waals surface area contributed by atoms with E-state index in [-0.39, 0.29) is 29.6 Å². The van der Waals surface area contributed by atoms with Crippen molar-refractivity contribution in [1.82, 2.24) is 15.5 Å². The average molecular weight is 520 g/mol. The number of hydrogen-bond donors (Lipinski definition) is 4. The molecule has 2 aliphatic carbocycles. The van der Waals surface area contributed by atoms with Crippen molar-refractivity contribution in [3.63, 3.8) is 0 Å². The lowest BCUT2D eigenvalue weighted by Gasteiger charge is -2.40. The van der Waals surface area contributed by atoms with Crippen molar-refractivity contribution >= 4 is 23.6 Å². The Morgan fingerprint density at radius 1 is 0.757 bits per heavy atom. The molecule has 3 fully saturated rings. The topological polar surface area (TPSA) is 148 Å². The van der Waals surface area contributed by atoms with E-state index in [1.807, 2.05) is 20.8 Å². The molecule has 9 heteroatoms. The molecule has 210 valence electrons. The van der Waals surface area contributed by atoms with Gasteiger partial charge >= 0.3 is 0 Å². The Bertz CT molecular complexity index is 814. The molecule has 2 saturated carbocycles. The molecule has 3 aliphatic rings. The van der Waals surface area contributed by atoms with E-state index in [0.717, 1.165) is 77.0 Å². The maximum absolute atomic E-state index is 13.6. The first-order chi connectivity index (χ1) is 17.5. The number of carbonyl (C=O) groups excluding carboxylic acids is 4. The van der Waals surface area contributed by atoms with Gasteiger partial charge in [-0.05, 0) is 62.2 Å². The monoisotopic (exact) mass is 519 g/mol. The van der Waals surface area contributed by atoms with Crippen LogP contribution in [0.4, 0.5) is 0 Å². The molecule has 4 atom stereocenters. The van der Waals surface area contributed by atoms with Crippen LogP contribution in [0.3, 0.4) is 0 Å². The van der Waals surface area contributed by atoms with Crippen LogP contribution in [0.5, 0.6) is 0 Å². The SMILES string of the molecule is CC(C)(C)C(N)C(=O)N1CCCC[C@@H]1C(=O)NC(C(=O)NC(C(N)=O)C1CCCCC1)C1CCCCC1. The number of nitrogens with zero attached hydrogens (tertiary/aromatic N) is 1. The van der Waals surface area contributed by atoms with Crippen molar-refractivity contribution in [3.05, 3.63) is 0 Å². The Labute approximate surface area is 222 Å². The lowest BCUT2D eigenvalue weighted by Crippen LogP contribution is -2.62. The molecule has 0 aromatic rings. The normalized spacial score (nSPS) is 24.5. The number of hydrogen-bond acceptors (Lipinski definition) is 5. The van der Waals surface area contributed by atoms with Gasteiger partial charge in [0, 0.05) is 6.54 Å². The third kappa shape index (κ3) is 7.68. The molecule has 9 nitrogen and oxygen atoms in total. The summed E-state index contributed by atoms with van der Waals surface area (Å²) in [5, 5.41) is 5.96. The lowest BCUT2D eigenvalue weighted by atomic mass is 9.81. The van der Waals surface area contributed by atoms with Crippen LogP contribution >= 0.6 is 0 Å². The molecular formula is C28H49N5O4. The van der Waals surface area contributed by atoms with E-state index in [9.17, 15) is 19.2 Å². The fraction of sp³-hybridized carbons (Fsp3) is 0.857. The van der Waals surface area contributed by atoms with E-state index >= 15 is 0 Å². The van der Waals surface area contributed by atoms with E-state index in [4.69, 9.17) is 11.5 Å². The van der Waals surface area contributed by atoms with E-state index in [0.29, 0.717) is 13.0 Å². The molecule has 0 aromatic carbocycles. The zero-order chi connectivity index (χ0) is 27.2. The molecule has 1 saturated heterocycles. The Morgan fingerprint density at radius 3 is 1.78 bits per heavy atom. The predicted octanol–water partition coefficient (Wildman–Crippen LogP) is 2.36. The highest BCUT2D eigenvalue weighted by molar-refractivity contribution is 5.95. The Balaban J connectivity index is 1.77. The molecule has 3 rings (SSSR count). The summed E-state index contributed by atoms with van der Waals surface area (Å²) in [6.07, 6.45) is 11.9. The van der Waals surface area contributed by atoms with Gasteiger partial charge < -0.3 is 27.0 Å². The molecule has 0 bridgehead atoms. The fourth-order valence-corrected chi connectivity index (χ4v) is 6.26. The summed E-state index contributed by atoms with van der Waals surface area (Å²) in [4.78, 5) is 54.5. The summed E-state index contributed by atoms with van der Waals surface area (Å²) >= 11 is 0. The van der Waals surface area contributed by atoms with E-state index < -0.39 is 35.5 Å². The maximum atomic E-state index is 13.6. The van der Waals surface area contributed by atoms with Crippen molar-refractivity contribution in [1.29, 1.82) is 0 Å². The lowest BCUT2D eigenvalue weighted by molar-refractivity contribution is -0.146. The van der Waals surface area contributed by atoms with Crippen molar-refractivity contribution in [2.24, 2.45) is 28.7 Å². The van der Waals surface area contributed by atoms with Crippen molar-refractivity contribution in [2.75, 3.05) is 6.54 Å². The second-order valence-corrected chi connectivity index (χ2v) is 12.6. The van der Waals surface area contributed by atoms with Crippen LogP contribution in [0.15, 0.2) is 0 Å². The number of primary amides is 1. The van der Waals surface area contributed by atoms with Crippen LogP contribution in [0.2, 0.25) is 0 Å². The quantitative estimate of drug-likeness (QED) is 0.389. The minimum Gasteiger partial charge on any atom is -0.368 e. The Kier molecular flexibility index (Phi) is 10.4. The second-order valence-electron chi connectivity index (χ2n) is 12.6. The molecule has 37 heavy (non-hydrogen) atoms. The van der Waals surface area contributed by atoms with Gasteiger partial charge in [0.15, 0.2) is 0 Å². The minimum absolute atomic E-state index is 0.0119. The fourth-order valence-electron chi connectivity index (χ4n) is 6.26. The van der Waals surface area contributed by atoms with E-state index in [1.165, 1.54) is 0 Å². The molecule has 1 aliphatic heterocycles. The number of rotatable bonds is 8. The summed E-state index contributed by atoms with van der Waals surface area (Å²) in [5.74, 6) is -1.38. The number of piperidine rings is 1. The first-order valence-corrected chi connectivity index (χ1v) is 14.5. The number of nitrogens with two attached hydrogens (primary N) is 2. The van der Waals surface area contributed by atoms with Gasteiger partial charge in [0.25, 0.3) is 0 Å². The van der Waals surface area contributed by atoms with Crippen molar-refractivity contribution in [2.45, 2.75) is 128 Å². The third-order valence-corrected chi connectivity index (χ3v) is 8.71. The molecular weight excluding hydrogens is 470 g/mol. The molecule has 1 heterocycles. The third-order valence-electron chi connectivity index (χ3n) is 8.71. The highest BCUT2D eigenvalue weighted by Crippen LogP contribution is 2.30. The van der Waals surface area contributed by atoms with Gasteiger partial charge in [-0.1, -0.05) is 59.3 Å². The number of nitrogens with one attached hydrogen (secondary N) is 2. The van der Waals surface area contributed by atoms with Crippen LogP contribution in [0, 0.1) is 17.3 Å². The van der Waals surface area contributed by atoms with Crippen LogP contribution in [0.1, 0.15) is 104 Å². The average Bonchev–Trinajstić information content (AvgIpc) is 2.89. The molecule has 0 spiro atoms. The summed E-state index contributed by atoms with van der Waals surface area (Å²) in [6, 6.07) is -2.86. The number of amides is 4. The van der Waals surface area contributed by atoms with Gasteiger partial charge in [-0.25, -0.2) is 0 Å². The molecule has 3 unspecified atom stereocenters. The zero-order valence-corrected chi connectivity index (χ0v) is 23.1. The molecule has 0 aromatic heterocycles. The van der Waals surface area contributed by atoms with Gasteiger partial charge in [0.05, 0.1) is 6.04 Å². The van der Waals surface area contributed by atoms with Crippen LogP contribution in [-0.4, -0.2) is 59.2 Å². The molecule has 4 amide bonds. The molecule has 6 N–H and O–H groups in total. The number of carbonyl (C=O) groups is 4. The van der Waals surface area contributed by atoms with Gasteiger partial charge in [-0.15, -0.1) is 0 Å². The van der Waals surface area contributed by atoms with E-state index in [2.05, 4.69) is 10.6 Å².